The lowest BCUT2D eigenvalue weighted by molar-refractivity contribution is -0.141. The molecule has 0 aliphatic rings. The Bertz CT molecular complexity index is 215. The van der Waals surface area contributed by atoms with Crippen molar-refractivity contribution in [1.29, 1.82) is 0 Å². The van der Waals surface area contributed by atoms with Crippen molar-refractivity contribution < 1.29 is 9.53 Å². The summed E-state index contributed by atoms with van der Waals surface area (Å²) < 4.78 is 4.54. The topological polar surface area (TPSA) is 38.3 Å². The Morgan fingerprint density at radius 3 is 2.75 bits per heavy atom. The van der Waals surface area contributed by atoms with Gasteiger partial charge in [0.1, 0.15) is 6.04 Å². The highest BCUT2D eigenvalue weighted by atomic mass is 16.5. The maximum absolute atomic E-state index is 11.0. The number of esters is 1. The molecule has 1 atom stereocenters. The average molecular weight is 167 g/mol. The van der Waals surface area contributed by atoms with Gasteiger partial charge in [-0.25, -0.2) is 0 Å². The smallest absolute Gasteiger partial charge is 0.327 e. The summed E-state index contributed by atoms with van der Waals surface area (Å²) in [5.74, 6) is 2.01. The van der Waals surface area contributed by atoms with Gasteiger partial charge in [0.2, 0.25) is 0 Å². The lowest BCUT2D eigenvalue weighted by Crippen LogP contribution is -2.38. The molecule has 0 aromatic heterocycles. The molecule has 0 saturated carbocycles. The fourth-order valence-corrected chi connectivity index (χ4v) is 0.738. The minimum atomic E-state index is -0.494. The predicted molar refractivity (Wildman–Crippen MR) is 47.5 cm³/mol. The molecule has 12 heavy (non-hydrogen) atoms. The van der Waals surface area contributed by atoms with Crippen LogP contribution in [-0.4, -0.2) is 25.7 Å². The Hall–Kier alpha value is -1.27. The van der Waals surface area contributed by atoms with Crippen molar-refractivity contribution in [3.63, 3.8) is 0 Å². The molecule has 0 aliphatic heterocycles. The van der Waals surface area contributed by atoms with E-state index >= 15 is 0 Å². The van der Waals surface area contributed by atoms with Crippen LogP contribution < -0.4 is 5.32 Å². The van der Waals surface area contributed by atoms with Gasteiger partial charge in [0.15, 0.2) is 0 Å². The van der Waals surface area contributed by atoms with Gasteiger partial charge in [-0.15, -0.1) is 6.42 Å². The minimum absolute atomic E-state index is 0.326. The molecule has 0 aliphatic carbocycles. The first-order valence-corrected chi connectivity index (χ1v) is 3.53. The highest BCUT2D eigenvalue weighted by Gasteiger charge is 2.17. The molecule has 0 amide bonds. The fourth-order valence-electron chi connectivity index (χ4n) is 0.738. The van der Waals surface area contributed by atoms with Gasteiger partial charge in [-0.2, -0.15) is 0 Å². The van der Waals surface area contributed by atoms with Crippen LogP contribution in [0, 0.1) is 12.3 Å². The summed E-state index contributed by atoms with van der Waals surface area (Å²) in [6, 6.07) is -0.494. The Kier molecular flexibility index (Phi) is 4.82. The molecule has 0 heterocycles. The summed E-state index contributed by atoms with van der Waals surface area (Å²) in [5, 5.41) is 2.81. The van der Waals surface area contributed by atoms with Crippen molar-refractivity contribution in [3.8, 4) is 12.3 Å². The average Bonchev–Trinajstić information content (AvgIpc) is 2.04. The van der Waals surface area contributed by atoms with E-state index in [4.69, 9.17) is 6.42 Å². The number of carbonyl (C=O) groups is 1. The SMILES string of the molecule is C#CCNC(C(=C)C)C(=O)OC. The number of carbonyl (C=O) groups excluding carboxylic acids is 1. The number of terminal acetylenes is 1. The van der Waals surface area contributed by atoms with Crippen LogP contribution in [0.4, 0.5) is 0 Å². The first-order chi connectivity index (χ1) is 5.63. The van der Waals surface area contributed by atoms with Crippen molar-refractivity contribution in [2.45, 2.75) is 13.0 Å². The van der Waals surface area contributed by atoms with Crippen molar-refractivity contribution >= 4 is 5.97 Å². The standard InChI is InChI=1S/C9H13NO2/c1-5-6-10-8(7(2)3)9(11)12-4/h1,8,10H,2,6H2,3-4H3. The van der Waals surface area contributed by atoms with Crippen molar-refractivity contribution in [2.24, 2.45) is 0 Å². The Labute approximate surface area is 72.8 Å². The van der Waals surface area contributed by atoms with E-state index in [-0.39, 0.29) is 5.97 Å². The molecular weight excluding hydrogens is 154 g/mol. The van der Waals surface area contributed by atoms with Gasteiger partial charge in [0, 0.05) is 0 Å². The maximum Gasteiger partial charge on any atom is 0.327 e. The van der Waals surface area contributed by atoms with E-state index < -0.39 is 6.04 Å². The normalized spacial score (nSPS) is 11.4. The number of hydrogen-bond donors (Lipinski definition) is 1. The number of ether oxygens (including phenoxy) is 1. The third-order valence-electron chi connectivity index (χ3n) is 1.34. The van der Waals surface area contributed by atoms with Crippen LogP contribution in [0.5, 0.6) is 0 Å². The van der Waals surface area contributed by atoms with E-state index in [2.05, 4.69) is 22.6 Å². The van der Waals surface area contributed by atoms with Gasteiger partial charge >= 0.3 is 5.97 Å². The van der Waals surface area contributed by atoms with Crippen LogP contribution >= 0.6 is 0 Å². The molecule has 0 aromatic rings. The summed E-state index contributed by atoms with van der Waals surface area (Å²) in [6.45, 7) is 5.71. The van der Waals surface area contributed by atoms with Crippen molar-refractivity contribution in [3.05, 3.63) is 12.2 Å². The highest BCUT2D eigenvalue weighted by Crippen LogP contribution is 1.99. The van der Waals surface area contributed by atoms with E-state index in [0.717, 1.165) is 0 Å². The molecule has 66 valence electrons. The predicted octanol–water partition coefficient (Wildman–Crippen LogP) is 0.327. The largest absolute Gasteiger partial charge is 0.468 e. The summed E-state index contributed by atoms with van der Waals surface area (Å²) in [7, 11) is 1.33. The second kappa shape index (κ2) is 5.39. The lowest BCUT2D eigenvalue weighted by atomic mass is 10.1. The third-order valence-corrected chi connectivity index (χ3v) is 1.34. The summed E-state index contributed by atoms with van der Waals surface area (Å²) in [5.41, 5.74) is 0.692. The van der Waals surface area contributed by atoms with Crippen LogP contribution in [0.15, 0.2) is 12.2 Å². The van der Waals surface area contributed by atoms with Gasteiger partial charge in [-0.3, -0.25) is 10.1 Å². The van der Waals surface area contributed by atoms with E-state index in [0.29, 0.717) is 12.1 Å². The molecule has 0 rings (SSSR count). The molecule has 0 aromatic carbocycles. The van der Waals surface area contributed by atoms with E-state index in [1.54, 1.807) is 6.92 Å². The molecule has 0 bridgehead atoms. The molecule has 1 N–H and O–H groups in total. The second-order valence-electron chi connectivity index (χ2n) is 2.39. The summed E-state index contributed by atoms with van der Waals surface area (Å²) in [4.78, 5) is 11.0. The van der Waals surface area contributed by atoms with E-state index in [1.807, 2.05) is 0 Å². The molecular formula is C9H13NO2. The van der Waals surface area contributed by atoms with Gasteiger partial charge in [0.25, 0.3) is 0 Å². The zero-order valence-corrected chi connectivity index (χ0v) is 7.39. The highest BCUT2D eigenvalue weighted by molar-refractivity contribution is 5.79. The summed E-state index contributed by atoms with van der Waals surface area (Å²) in [6.07, 6.45) is 5.02. The van der Waals surface area contributed by atoms with Crippen LogP contribution in [0.1, 0.15) is 6.92 Å². The maximum atomic E-state index is 11.0. The van der Waals surface area contributed by atoms with Crippen molar-refractivity contribution in [1.82, 2.24) is 5.32 Å². The number of nitrogens with one attached hydrogen (secondary N) is 1. The lowest BCUT2D eigenvalue weighted by Gasteiger charge is -2.14. The van der Waals surface area contributed by atoms with Crippen LogP contribution in [-0.2, 0) is 9.53 Å². The van der Waals surface area contributed by atoms with Gasteiger partial charge in [-0.05, 0) is 6.92 Å². The van der Waals surface area contributed by atoms with Gasteiger partial charge in [-0.1, -0.05) is 18.1 Å². The molecule has 0 saturated heterocycles. The molecule has 0 fully saturated rings. The molecule has 3 nitrogen and oxygen atoms in total. The zero-order valence-electron chi connectivity index (χ0n) is 7.39. The number of methoxy groups -OCH3 is 1. The first-order valence-electron chi connectivity index (χ1n) is 3.53. The minimum Gasteiger partial charge on any atom is -0.468 e. The monoisotopic (exact) mass is 167 g/mol. The fraction of sp³-hybridized carbons (Fsp3) is 0.444. The molecule has 3 heteroatoms. The number of hydrogen-bond acceptors (Lipinski definition) is 3. The van der Waals surface area contributed by atoms with Crippen LogP contribution in [0.2, 0.25) is 0 Å². The number of rotatable bonds is 4. The Balaban J connectivity index is 4.15. The van der Waals surface area contributed by atoms with Crippen molar-refractivity contribution in [2.75, 3.05) is 13.7 Å². The van der Waals surface area contributed by atoms with E-state index in [1.165, 1.54) is 7.11 Å². The van der Waals surface area contributed by atoms with Gasteiger partial charge < -0.3 is 4.74 Å². The zero-order chi connectivity index (χ0) is 9.56. The Morgan fingerprint density at radius 2 is 2.42 bits per heavy atom. The molecule has 0 spiro atoms. The quantitative estimate of drug-likeness (QED) is 0.372. The Morgan fingerprint density at radius 1 is 1.83 bits per heavy atom. The third kappa shape index (κ3) is 3.22. The second-order valence-corrected chi connectivity index (χ2v) is 2.39. The van der Waals surface area contributed by atoms with E-state index in [9.17, 15) is 4.79 Å². The summed E-state index contributed by atoms with van der Waals surface area (Å²) >= 11 is 0. The molecule has 1 unspecified atom stereocenters. The van der Waals surface area contributed by atoms with Crippen LogP contribution in [0.25, 0.3) is 0 Å². The van der Waals surface area contributed by atoms with Crippen LogP contribution in [0.3, 0.4) is 0 Å². The molecule has 0 radical (unpaired) electrons. The first kappa shape index (κ1) is 10.7. The van der Waals surface area contributed by atoms with Gasteiger partial charge in [0.05, 0.1) is 13.7 Å².